The molecular formula is C14H20N4O. The third-order valence-electron chi connectivity index (χ3n) is 3.10. The summed E-state index contributed by atoms with van der Waals surface area (Å²) in [5, 5.41) is 0. The van der Waals surface area contributed by atoms with Gasteiger partial charge in [0.25, 0.3) is 0 Å². The van der Waals surface area contributed by atoms with Crippen LogP contribution in [0, 0.1) is 0 Å². The molecule has 0 saturated carbocycles. The van der Waals surface area contributed by atoms with Crippen LogP contribution < -0.4 is 10.5 Å². The average Bonchev–Trinajstić information content (AvgIpc) is 2.43. The van der Waals surface area contributed by atoms with Crippen molar-refractivity contribution in [2.45, 2.75) is 13.8 Å². The summed E-state index contributed by atoms with van der Waals surface area (Å²) in [5.41, 5.74) is 7.98. The van der Waals surface area contributed by atoms with Crippen molar-refractivity contribution in [1.82, 2.24) is 14.9 Å². The molecule has 0 aliphatic rings. The fourth-order valence-corrected chi connectivity index (χ4v) is 1.90. The first-order chi connectivity index (χ1) is 9.22. The fraction of sp³-hybridized carbons (Fsp3) is 0.429. The zero-order valence-corrected chi connectivity index (χ0v) is 11.5. The van der Waals surface area contributed by atoms with Crippen LogP contribution in [0.2, 0.25) is 0 Å². The molecule has 0 atom stereocenters. The molecule has 5 heteroatoms. The molecule has 2 aromatic rings. The number of ether oxygens (including phenoxy) is 1. The number of fused-ring (bicyclic) bond motifs is 1. The van der Waals surface area contributed by atoms with Crippen LogP contribution in [0.4, 0.5) is 5.69 Å². The van der Waals surface area contributed by atoms with Crippen molar-refractivity contribution >= 4 is 16.7 Å². The highest BCUT2D eigenvalue weighted by Crippen LogP contribution is 2.16. The van der Waals surface area contributed by atoms with Crippen molar-refractivity contribution in [2.75, 3.05) is 32.0 Å². The Labute approximate surface area is 113 Å². The maximum absolute atomic E-state index is 5.70. The lowest BCUT2D eigenvalue weighted by Crippen LogP contribution is -2.28. The molecule has 0 fully saturated rings. The van der Waals surface area contributed by atoms with Crippen LogP contribution in [0.15, 0.2) is 24.4 Å². The van der Waals surface area contributed by atoms with Crippen molar-refractivity contribution < 1.29 is 4.74 Å². The van der Waals surface area contributed by atoms with Crippen molar-refractivity contribution in [3.8, 4) is 5.88 Å². The molecule has 1 heterocycles. The Morgan fingerprint density at radius 1 is 1.21 bits per heavy atom. The Bertz CT molecular complexity index is 540. The summed E-state index contributed by atoms with van der Waals surface area (Å²) in [5.74, 6) is 0.560. The maximum Gasteiger partial charge on any atom is 0.232 e. The van der Waals surface area contributed by atoms with Crippen molar-refractivity contribution in [3.63, 3.8) is 0 Å². The molecule has 0 amide bonds. The molecule has 102 valence electrons. The molecule has 0 spiro atoms. The first kappa shape index (κ1) is 13.5. The first-order valence-electron chi connectivity index (χ1n) is 6.60. The number of nitrogens with two attached hydrogens (primary N) is 1. The van der Waals surface area contributed by atoms with Crippen LogP contribution in [-0.2, 0) is 0 Å². The van der Waals surface area contributed by atoms with E-state index in [1.165, 1.54) is 0 Å². The molecule has 0 bridgehead atoms. The standard InChI is InChI=1S/C14H20N4O/c1-3-18(4-2)7-8-19-14-10-16-13-9-11(15)5-6-12(13)17-14/h5-6,9-10H,3-4,7-8,15H2,1-2H3. The van der Waals surface area contributed by atoms with Gasteiger partial charge in [-0.1, -0.05) is 13.8 Å². The minimum Gasteiger partial charge on any atom is -0.475 e. The van der Waals surface area contributed by atoms with E-state index in [1.807, 2.05) is 18.2 Å². The van der Waals surface area contributed by atoms with Gasteiger partial charge in [0, 0.05) is 12.2 Å². The van der Waals surface area contributed by atoms with Crippen LogP contribution in [-0.4, -0.2) is 41.1 Å². The van der Waals surface area contributed by atoms with Crippen LogP contribution in [0.1, 0.15) is 13.8 Å². The number of benzene rings is 1. The second-order valence-corrected chi connectivity index (χ2v) is 4.33. The number of nitrogens with zero attached hydrogens (tertiary/aromatic N) is 3. The second kappa shape index (κ2) is 6.33. The van der Waals surface area contributed by atoms with Gasteiger partial charge in [-0.05, 0) is 31.3 Å². The average molecular weight is 260 g/mol. The van der Waals surface area contributed by atoms with Gasteiger partial charge in [0.05, 0.1) is 17.2 Å². The van der Waals surface area contributed by atoms with Gasteiger partial charge in [0.2, 0.25) is 5.88 Å². The number of nitrogen functional groups attached to an aromatic ring is 1. The molecule has 0 aliphatic heterocycles. The summed E-state index contributed by atoms with van der Waals surface area (Å²) in [6, 6.07) is 5.48. The molecule has 0 aliphatic carbocycles. The number of likely N-dealkylation sites (N-methyl/N-ethyl adjacent to an activating group) is 1. The summed E-state index contributed by atoms with van der Waals surface area (Å²) in [6.45, 7) is 7.86. The third-order valence-corrected chi connectivity index (χ3v) is 3.10. The van der Waals surface area contributed by atoms with E-state index in [9.17, 15) is 0 Å². The maximum atomic E-state index is 5.70. The van der Waals surface area contributed by atoms with Crippen LogP contribution >= 0.6 is 0 Å². The van der Waals surface area contributed by atoms with E-state index in [0.717, 1.165) is 30.7 Å². The number of hydrogen-bond acceptors (Lipinski definition) is 5. The number of rotatable bonds is 6. The predicted octanol–water partition coefficient (Wildman–Crippen LogP) is 1.93. The number of anilines is 1. The molecule has 1 aromatic heterocycles. The molecule has 19 heavy (non-hydrogen) atoms. The van der Waals surface area contributed by atoms with Crippen molar-refractivity contribution in [1.29, 1.82) is 0 Å². The minimum atomic E-state index is 0.560. The molecule has 0 unspecified atom stereocenters. The molecule has 2 N–H and O–H groups in total. The summed E-state index contributed by atoms with van der Waals surface area (Å²) in [6.07, 6.45) is 1.64. The topological polar surface area (TPSA) is 64.3 Å². The predicted molar refractivity (Wildman–Crippen MR) is 77.2 cm³/mol. The van der Waals surface area contributed by atoms with E-state index in [-0.39, 0.29) is 0 Å². The Balaban J connectivity index is 1.99. The fourth-order valence-electron chi connectivity index (χ4n) is 1.90. The highest BCUT2D eigenvalue weighted by atomic mass is 16.5. The Hall–Kier alpha value is -1.88. The van der Waals surface area contributed by atoms with E-state index in [4.69, 9.17) is 10.5 Å². The summed E-state index contributed by atoms with van der Waals surface area (Å²) < 4.78 is 5.63. The van der Waals surface area contributed by atoms with Gasteiger partial charge in [-0.3, -0.25) is 0 Å². The molecule has 0 radical (unpaired) electrons. The van der Waals surface area contributed by atoms with Gasteiger partial charge in [0.1, 0.15) is 6.61 Å². The van der Waals surface area contributed by atoms with Gasteiger partial charge in [0.15, 0.2) is 0 Å². The van der Waals surface area contributed by atoms with Gasteiger partial charge < -0.3 is 15.4 Å². The lowest BCUT2D eigenvalue weighted by Gasteiger charge is -2.17. The van der Waals surface area contributed by atoms with Crippen LogP contribution in [0.5, 0.6) is 5.88 Å². The van der Waals surface area contributed by atoms with Gasteiger partial charge in [-0.25, -0.2) is 9.97 Å². The van der Waals surface area contributed by atoms with Gasteiger partial charge in [-0.2, -0.15) is 0 Å². The van der Waals surface area contributed by atoms with E-state index >= 15 is 0 Å². The van der Waals surface area contributed by atoms with E-state index in [2.05, 4.69) is 28.7 Å². The molecule has 5 nitrogen and oxygen atoms in total. The summed E-state index contributed by atoms with van der Waals surface area (Å²) in [7, 11) is 0. The van der Waals surface area contributed by atoms with Gasteiger partial charge >= 0.3 is 0 Å². The molecule has 0 saturated heterocycles. The highest BCUT2D eigenvalue weighted by Gasteiger charge is 2.03. The Morgan fingerprint density at radius 3 is 2.74 bits per heavy atom. The number of aromatic nitrogens is 2. The number of hydrogen-bond donors (Lipinski definition) is 1. The smallest absolute Gasteiger partial charge is 0.232 e. The van der Waals surface area contributed by atoms with Crippen LogP contribution in [0.25, 0.3) is 11.0 Å². The quantitative estimate of drug-likeness (QED) is 0.804. The van der Waals surface area contributed by atoms with Gasteiger partial charge in [-0.15, -0.1) is 0 Å². The van der Waals surface area contributed by atoms with Crippen LogP contribution in [0.3, 0.4) is 0 Å². The monoisotopic (exact) mass is 260 g/mol. The SMILES string of the molecule is CCN(CC)CCOc1cnc2cc(N)ccc2n1. The lowest BCUT2D eigenvalue weighted by molar-refractivity contribution is 0.218. The summed E-state index contributed by atoms with van der Waals surface area (Å²) in [4.78, 5) is 11.0. The normalized spacial score (nSPS) is 11.1. The molecule has 2 rings (SSSR count). The van der Waals surface area contributed by atoms with Crippen molar-refractivity contribution in [3.05, 3.63) is 24.4 Å². The van der Waals surface area contributed by atoms with Crippen molar-refractivity contribution in [2.24, 2.45) is 0 Å². The second-order valence-electron chi connectivity index (χ2n) is 4.33. The third kappa shape index (κ3) is 3.54. The largest absolute Gasteiger partial charge is 0.475 e. The lowest BCUT2D eigenvalue weighted by atomic mass is 10.3. The van der Waals surface area contributed by atoms with E-state index in [0.29, 0.717) is 18.2 Å². The summed E-state index contributed by atoms with van der Waals surface area (Å²) >= 11 is 0. The zero-order chi connectivity index (χ0) is 13.7. The molecule has 1 aromatic carbocycles. The minimum absolute atomic E-state index is 0.560. The van der Waals surface area contributed by atoms with E-state index in [1.54, 1.807) is 6.20 Å². The zero-order valence-electron chi connectivity index (χ0n) is 11.5. The highest BCUT2D eigenvalue weighted by molar-refractivity contribution is 5.78. The molecular weight excluding hydrogens is 240 g/mol. The Morgan fingerprint density at radius 2 is 2.00 bits per heavy atom. The Kier molecular flexibility index (Phi) is 4.52. The first-order valence-corrected chi connectivity index (χ1v) is 6.60. The van der Waals surface area contributed by atoms with E-state index < -0.39 is 0 Å².